The van der Waals surface area contributed by atoms with Crippen molar-refractivity contribution >= 4 is 5.78 Å². The zero-order valence-electron chi connectivity index (χ0n) is 6.41. The molecule has 11 heavy (non-hydrogen) atoms. The van der Waals surface area contributed by atoms with Crippen LogP contribution in [0.2, 0.25) is 0 Å². The predicted octanol–water partition coefficient (Wildman–Crippen LogP) is 1.25. The Kier molecular flexibility index (Phi) is 2.06. The minimum atomic E-state index is -0.575. The van der Waals surface area contributed by atoms with Crippen LogP contribution in [-0.4, -0.2) is 18.5 Å². The van der Waals surface area contributed by atoms with Crippen LogP contribution >= 0.6 is 0 Å². The first kappa shape index (κ1) is 7.95. The number of hydrogen-bond acceptors (Lipinski definition) is 2. The maximum Gasteiger partial charge on any atom is 0.178 e. The molecule has 0 atom stereocenters. The van der Waals surface area contributed by atoms with Crippen molar-refractivity contribution < 1.29 is 9.53 Å². The summed E-state index contributed by atoms with van der Waals surface area (Å²) in [5.41, 5.74) is -0.575. The minimum Gasteiger partial charge on any atom is -0.366 e. The van der Waals surface area contributed by atoms with Crippen molar-refractivity contribution in [1.82, 2.24) is 0 Å². The fourth-order valence-electron chi connectivity index (χ4n) is 0.891. The Morgan fingerprint density at radius 1 is 1.55 bits per heavy atom. The van der Waals surface area contributed by atoms with Gasteiger partial charge in [0.25, 0.3) is 0 Å². The third-order valence-corrected chi connectivity index (χ3v) is 1.69. The van der Waals surface area contributed by atoms with Crippen molar-refractivity contribution in [2.24, 2.45) is 0 Å². The lowest BCUT2D eigenvalue weighted by Gasteiger charge is -2.22. The van der Waals surface area contributed by atoms with E-state index in [0.717, 1.165) is 0 Å². The molecule has 0 radical (unpaired) electrons. The van der Waals surface area contributed by atoms with E-state index >= 15 is 0 Å². The summed E-state index contributed by atoms with van der Waals surface area (Å²) in [4.78, 5) is 10.7. The predicted molar refractivity (Wildman–Crippen MR) is 43.2 cm³/mol. The van der Waals surface area contributed by atoms with Gasteiger partial charge in [0.15, 0.2) is 5.78 Å². The summed E-state index contributed by atoms with van der Waals surface area (Å²) in [5.74, 6) is -0.0143. The van der Waals surface area contributed by atoms with E-state index in [-0.39, 0.29) is 5.78 Å². The van der Waals surface area contributed by atoms with E-state index in [1.165, 1.54) is 12.2 Å². The molecule has 0 aromatic heterocycles. The second-order valence-corrected chi connectivity index (χ2v) is 2.33. The number of hydrogen-bond donors (Lipinski definition) is 0. The van der Waals surface area contributed by atoms with Gasteiger partial charge in [0.1, 0.15) is 5.60 Å². The van der Waals surface area contributed by atoms with Crippen LogP contribution in [0.25, 0.3) is 0 Å². The molecule has 0 heterocycles. The summed E-state index contributed by atoms with van der Waals surface area (Å²) in [6.07, 6.45) is 7.97. The maximum atomic E-state index is 10.7. The molecule has 0 aromatic carbocycles. The standard InChI is InChI=1S/C9H10O2/c1-3-9(11-2)6-4-8(10)5-7-9/h3-7H,1H2,2H3. The number of allylic oxidation sites excluding steroid dienone is 2. The van der Waals surface area contributed by atoms with Gasteiger partial charge >= 0.3 is 0 Å². The molecule has 0 saturated carbocycles. The van der Waals surface area contributed by atoms with Gasteiger partial charge in [-0.15, -0.1) is 0 Å². The Morgan fingerprint density at radius 3 is 2.45 bits per heavy atom. The van der Waals surface area contributed by atoms with Gasteiger partial charge in [0.2, 0.25) is 0 Å². The smallest absolute Gasteiger partial charge is 0.178 e. The van der Waals surface area contributed by atoms with Crippen molar-refractivity contribution in [3.05, 3.63) is 37.0 Å². The molecule has 1 aliphatic carbocycles. The molecule has 0 aliphatic heterocycles. The topological polar surface area (TPSA) is 26.3 Å². The summed E-state index contributed by atoms with van der Waals surface area (Å²) in [6, 6.07) is 0. The quantitative estimate of drug-likeness (QED) is 0.554. The molecule has 1 aliphatic rings. The number of rotatable bonds is 2. The zero-order chi connectivity index (χ0) is 8.32. The average molecular weight is 150 g/mol. The van der Waals surface area contributed by atoms with Crippen LogP contribution in [0.1, 0.15) is 0 Å². The molecule has 0 unspecified atom stereocenters. The van der Waals surface area contributed by atoms with Crippen molar-refractivity contribution in [3.8, 4) is 0 Å². The summed E-state index contributed by atoms with van der Waals surface area (Å²) in [7, 11) is 1.58. The first-order valence-corrected chi connectivity index (χ1v) is 3.33. The van der Waals surface area contributed by atoms with Crippen LogP contribution in [-0.2, 0) is 9.53 Å². The SMILES string of the molecule is C=CC1(OC)C=CC(=O)C=C1. The summed E-state index contributed by atoms with van der Waals surface area (Å²) in [5, 5.41) is 0. The Labute approximate surface area is 65.9 Å². The van der Waals surface area contributed by atoms with Gasteiger partial charge in [0, 0.05) is 7.11 Å². The summed E-state index contributed by atoms with van der Waals surface area (Å²) >= 11 is 0. The summed E-state index contributed by atoms with van der Waals surface area (Å²) < 4.78 is 5.13. The van der Waals surface area contributed by atoms with E-state index in [0.29, 0.717) is 0 Å². The molecule has 58 valence electrons. The molecule has 1 rings (SSSR count). The molecule has 2 nitrogen and oxygen atoms in total. The van der Waals surface area contributed by atoms with Crippen LogP contribution in [0, 0.1) is 0 Å². The molecule has 0 bridgehead atoms. The third kappa shape index (κ3) is 1.46. The highest BCUT2D eigenvalue weighted by molar-refractivity contribution is 6.00. The van der Waals surface area contributed by atoms with Crippen LogP contribution in [0.3, 0.4) is 0 Å². The lowest BCUT2D eigenvalue weighted by molar-refractivity contribution is -0.110. The van der Waals surface area contributed by atoms with Crippen LogP contribution in [0.5, 0.6) is 0 Å². The Balaban J connectivity index is 2.90. The van der Waals surface area contributed by atoms with E-state index < -0.39 is 5.60 Å². The third-order valence-electron chi connectivity index (χ3n) is 1.69. The van der Waals surface area contributed by atoms with Gasteiger partial charge in [-0.1, -0.05) is 12.7 Å². The average Bonchev–Trinajstić information content (AvgIpc) is 2.07. The molecular weight excluding hydrogens is 140 g/mol. The number of carbonyl (C=O) groups excluding carboxylic acids is 1. The van der Waals surface area contributed by atoms with Crippen molar-refractivity contribution in [3.63, 3.8) is 0 Å². The Bertz CT molecular complexity index is 220. The van der Waals surface area contributed by atoms with E-state index in [9.17, 15) is 4.79 Å². The van der Waals surface area contributed by atoms with Crippen molar-refractivity contribution in [2.75, 3.05) is 7.11 Å². The highest BCUT2D eigenvalue weighted by Gasteiger charge is 2.21. The molecule has 2 heteroatoms. The van der Waals surface area contributed by atoms with Crippen molar-refractivity contribution in [1.29, 1.82) is 0 Å². The fourth-order valence-corrected chi connectivity index (χ4v) is 0.891. The van der Waals surface area contributed by atoms with Gasteiger partial charge in [-0.25, -0.2) is 0 Å². The maximum absolute atomic E-state index is 10.7. The molecule has 0 N–H and O–H groups in total. The van der Waals surface area contributed by atoms with Gasteiger partial charge in [-0.2, -0.15) is 0 Å². The number of carbonyl (C=O) groups is 1. The molecule has 0 amide bonds. The Morgan fingerprint density at radius 2 is 2.09 bits per heavy atom. The molecule has 0 aromatic rings. The van der Waals surface area contributed by atoms with Gasteiger partial charge in [-0.3, -0.25) is 4.79 Å². The number of ether oxygens (including phenoxy) is 1. The van der Waals surface area contributed by atoms with Crippen molar-refractivity contribution in [2.45, 2.75) is 5.60 Å². The van der Waals surface area contributed by atoms with E-state index in [1.807, 2.05) is 0 Å². The Hall–Kier alpha value is -1.15. The van der Waals surface area contributed by atoms with E-state index in [2.05, 4.69) is 6.58 Å². The largest absolute Gasteiger partial charge is 0.366 e. The van der Waals surface area contributed by atoms with E-state index in [4.69, 9.17) is 4.74 Å². The van der Waals surface area contributed by atoms with Crippen LogP contribution in [0.15, 0.2) is 37.0 Å². The highest BCUT2D eigenvalue weighted by atomic mass is 16.5. The molecule has 0 fully saturated rings. The number of methoxy groups -OCH3 is 1. The number of ketones is 1. The summed E-state index contributed by atoms with van der Waals surface area (Å²) in [6.45, 7) is 3.61. The first-order chi connectivity index (χ1) is 5.22. The zero-order valence-corrected chi connectivity index (χ0v) is 6.41. The van der Waals surface area contributed by atoms with Gasteiger partial charge < -0.3 is 4.74 Å². The first-order valence-electron chi connectivity index (χ1n) is 3.33. The molecular formula is C9H10O2. The van der Waals surface area contributed by atoms with Gasteiger partial charge in [-0.05, 0) is 24.3 Å². The lowest BCUT2D eigenvalue weighted by atomic mass is 9.98. The van der Waals surface area contributed by atoms with E-state index in [1.54, 1.807) is 25.3 Å². The second-order valence-electron chi connectivity index (χ2n) is 2.33. The normalized spacial score (nSPS) is 20.3. The molecule has 0 spiro atoms. The second kappa shape index (κ2) is 2.84. The highest BCUT2D eigenvalue weighted by Crippen LogP contribution is 2.18. The van der Waals surface area contributed by atoms with Crippen LogP contribution < -0.4 is 0 Å². The fraction of sp³-hybridized carbons (Fsp3) is 0.222. The monoisotopic (exact) mass is 150 g/mol. The molecule has 0 saturated heterocycles. The van der Waals surface area contributed by atoms with Gasteiger partial charge in [0.05, 0.1) is 0 Å². The lowest BCUT2D eigenvalue weighted by Crippen LogP contribution is -2.25. The minimum absolute atomic E-state index is 0.0143. The van der Waals surface area contributed by atoms with Crippen LogP contribution in [0.4, 0.5) is 0 Å².